The van der Waals surface area contributed by atoms with Crippen molar-refractivity contribution in [3.05, 3.63) is 130 Å². The number of carbonyl (C=O) groups is 2. The highest BCUT2D eigenvalue weighted by Crippen LogP contribution is 2.25. The molecule has 43 heavy (non-hydrogen) atoms. The van der Waals surface area contributed by atoms with Crippen LogP contribution in [0.2, 0.25) is 0 Å². The quantitative estimate of drug-likeness (QED) is 0.198. The molecule has 0 aliphatic rings. The van der Waals surface area contributed by atoms with E-state index >= 15 is 0 Å². The molecule has 0 unspecified atom stereocenters. The minimum Gasteiger partial charge on any atom is -0.352 e. The summed E-state index contributed by atoms with van der Waals surface area (Å²) in [6, 6.07) is 31.0. The summed E-state index contributed by atoms with van der Waals surface area (Å²) in [4.78, 5) is 29.7. The molecule has 7 nitrogen and oxygen atoms in total. The molecule has 0 aromatic heterocycles. The third-order valence-corrected chi connectivity index (χ3v) is 9.22. The van der Waals surface area contributed by atoms with Crippen molar-refractivity contribution in [2.75, 3.05) is 10.8 Å². The van der Waals surface area contributed by atoms with Gasteiger partial charge >= 0.3 is 0 Å². The first-order valence-electron chi connectivity index (χ1n) is 14.1. The van der Waals surface area contributed by atoms with Gasteiger partial charge in [0.05, 0.1) is 10.6 Å². The maximum atomic E-state index is 14.4. The molecule has 0 spiro atoms. The van der Waals surface area contributed by atoms with Crippen molar-refractivity contribution in [3.8, 4) is 0 Å². The summed E-state index contributed by atoms with van der Waals surface area (Å²) in [6.45, 7) is 5.26. The van der Waals surface area contributed by atoms with Gasteiger partial charge in [-0.3, -0.25) is 13.9 Å². The number of rotatable bonds is 12. The lowest BCUT2D eigenvalue weighted by molar-refractivity contribution is -0.140. The van der Waals surface area contributed by atoms with Gasteiger partial charge in [0.2, 0.25) is 11.8 Å². The number of anilines is 1. The summed E-state index contributed by atoms with van der Waals surface area (Å²) in [6.07, 6.45) is 0.262. The molecule has 0 fully saturated rings. The predicted molar refractivity (Wildman–Crippen MR) is 174 cm³/mol. The average molecular weight is 663 g/mol. The van der Waals surface area contributed by atoms with Crippen molar-refractivity contribution < 1.29 is 18.0 Å². The average Bonchev–Trinajstić information content (AvgIpc) is 2.99. The Kier molecular flexibility index (Phi) is 10.8. The van der Waals surface area contributed by atoms with E-state index < -0.39 is 28.5 Å². The van der Waals surface area contributed by atoms with E-state index in [1.54, 1.807) is 42.5 Å². The Morgan fingerprint density at radius 2 is 1.37 bits per heavy atom. The minimum atomic E-state index is -4.12. The first-order chi connectivity index (χ1) is 20.5. The fourth-order valence-corrected chi connectivity index (χ4v) is 6.38. The van der Waals surface area contributed by atoms with Gasteiger partial charge in [0.15, 0.2) is 0 Å². The molecule has 1 atom stereocenters. The zero-order valence-electron chi connectivity index (χ0n) is 24.5. The maximum absolute atomic E-state index is 14.4. The Labute approximate surface area is 262 Å². The molecule has 2 amide bonds. The van der Waals surface area contributed by atoms with Crippen molar-refractivity contribution in [2.45, 2.75) is 50.7 Å². The summed E-state index contributed by atoms with van der Waals surface area (Å²) < 4.78 is 30.0. The van der Waals surface area contributed by atoms with Crippen LogP contribution in [0.3, 0.4) is 0 Å². The molecule has 1 N–H and O–H groups in total. The summed E-state index contributed by atoms with van der Waals surface area (Å²) in [5.41, 5.74) is 3.00. The second-order valence-electron chi connectivity index (χ2n) is 10.7. The number of aryl methyl sites for hydroxylation is 1. The lowest BCUT2D eigenvalue weighted by atomic mass is 10.0. The number of carbonyl (C=O) groups excluding carboxylic acids is 2. The van der Waals surface area contributed by atoms with Gasteiger partial charge in [0, 0.05) is 23.5 Å². The van der Waals surface area contributed by atoms with Crippen LogP contribution in [-0.4, -0.2) is 43.8 Å². The van der Waals surface area contributed by atoms with E-state index in [-0.39, 0.29) is 29.8 Å². The minimum absolute atomic E-state index is 0.0706. The SMILES string of the molecule is Cc1ccc(N(CC(=O)N(Cc2ccc(Br)cc2)[C@H](Cc2ccccc2)C(=O)NC(C)C)S(=O)(=O)c2ccccc2)cc1. The van der Waals surface area contributed by atoms with Gasteiger partial charge < -0.3 is 10.2 Å². The van der Waals surface area contributed by atoms with Gasteiger partial charge in [-0.05, 0) is 68.3 Å². The Morgan fingerprint density at radius 1 is 0.791 bits per heavy atom. The molecule has 4 aromatic rings. The monoisotopic (exact) mass is 661 g/mol. The Morgan fingerprint density at radius 3 is 1.95 bits per heavy atom. The van der Waals surface area contributed by atoms with Gasteiger partial charge in [-0.25, -0.2) is 8.42 Å². The second-order valence-corrected chi connectivity index (χ2v) is 13.5. The summed E-state index contributed by atoms with van der Waals surface area (Å²) in [7, 11) is -4.12. The topological polar surface area (TPSA) is 86.8 Å². The third kappa shape index (κ3) is 8.55. The number of halogens is 1. The first-order valence-corrected chi connectivity index (χ1v) is 16.3. The van der Waals surface area contributed by atoms with E-state index in [1.165, 1.54) is 17.0 Å². The lowest BCUT2D eigenvalue weighted by Gasteiger charge is -2.34. The highest BCUT2D eigenvalue weighted by molar-refractivity contribution is 9.10. The van der Waals surface area contributed by atoms with Crippen LogP contribution < -0.4 is 9.62 Å². The van der Waals surface area contributed by atoms with E-state index in [9.17, 15) is 18.0 Å². The van der Waals surface area contributed by atoms with Gasteiger partial charge in [-0.2, -0.15) is 0 Å². The molecule has 0 bridgehead atoms. The standard InChI is InChI=1S/C34H36BrN3O4S/c1-25(2)36-34(40)32(22-27-10-6-4-7-11-27)37(23-28-16-18-29(35)19-17-28)33(39)24-38(30-20-14-26(3)15-21-30)43(41,42)31-12-8-5-9-13-31/h4-21,25,32H,22-24H2,1-3H3,(H,36,40)/t32-/m1/s1. The van der Waals surface area contributed by atoms with Crippen LogP contribution in [0.1, 0.15) is 30.5 Å². The summed E-state index contributed by atoms with van der Waals surface area (Å²) in [5, 5.41) is 2.97. The van der Waals surface area contributed by atoms with E-state index in [0.29, 0.717) is 5.69 Å². The van der Waals surface area contributed by atoms with Crippen molar-refractivity contribution >= 4 is 43.5 Å². The molecular formula is C34H36BrN3O4S. The molecule has 4 aromatic carbocycles. The van der Waals surface area contributed by atoms with E-state index in [2.05, 4.69) is 21.2 Å². The molecule has 0 heterocycles. The molecule has 4 rings (SSSR count). The number of hydrogen-bond donors (Lipinski definition) is 1. The Balaban J connectivity index is 1.79. The summed E-state index contributed by atoms with van der Waals surface area (Å²) in [5.74, 6) is -0.806. The van der Waals surface area contributed by atoms with Crippen molar-refractivity contribution in [1.82, 2.24) is 10.2 Å². The van der Waals surface area contributed by atoms with Gasteiger partial charge in [0.1, 0.15) is 12.6 Å². The number of nitrogens with zero attached hydrogens (tertiary/aromatic N) is 2. The zero-order valence-corrected chi connectivity index (χ0v) is 26.9. The highest BCUT2D eigenvalue weighted by atomic mass is 79.9. The molecule has 0 aliphatic carbocycles. The van der Waals surface area contributed by atoms with Crippen LogP contribution >= 0.6 is 15.9 Å². The van der Waals surface area contributed by atoms with Crippen LogP contribution in [0.4, 0.5) is 5.69 Å². The van der Waals surface area contributed by atoms with Gasteiger partial charge in [-0.15, -0.1) is 0 Å². The molecule has 0 saturated heterocycles. The van der Waals surface area contributed by atoms with Crippen molar-refractivity contribution in [3.63, 3.8) is 0 Å². The number of nitrogens with one attached hydrogen (secondary N) is 1. The van der Waals surface area contributed by atoms with E-state index in [0.717, 1.165) is 25.5 Å². The second kappa shape index (κ2) is 14.5. The normalized spacial score (nSPS) is 12.0. The molecule has 224 valence electrons. The van der Waals surface area contributed by atoms with Crippen LogP contribution in [0.15, 0.2) is 119 Å². The van der Waals surface area contributed by atoms with Crippen molar-refractivity contribution in [1.29, 1.82) is 0 Å². The smallest absolute Gasteiger partial charge is 0.264 e. The van der Waals surface area contributed by atoms with Crippen LogP contribution in [-0.2, 0) is 32.6 Å². The number of sulfonamides is 1. The van der Waals surface area contributed by atoms with Crippen LogP contribution in [0.5, 0.6) is 0 Å². The first kappa shape index (κ1) is 32.0. The van der Waals surface area contributed by atoms with Crippen molar-refractivity contribution in [2.24, 2.45) is 0 Å². The zero-order chi connectivity index (χ0) is 31.0. The molecule has 9 heteroatoms. The van der Waals surface area contributed by atoms with Gasteiger partial charge in [-0.1, -0.05) is 94.3 Å². The Hall–Kier alpha value is -3.95. The fraction of sp³-hybridized carbons (Fsp3) is 0.235. The van der Waals surface area contributed by atoms with Gasteiger partial charge in [0.25, 0.3) is 10.0 Å². The van der Waals surface area contributed by atoms with E-state index in [4.69, 9.17) is 0 Å². The maximum Gasteiger partial charge on any atom is 0.264 e. The fourth-order valence-electron chi connectivity index (χ4n) is 4.68. The van der Waals surface area contributed by atoms with Crippen LogP contribution in [0, 0.1) is 6.92 Å². The van der Waals surface area contributed by atoms with Crippen LogP contribution in [0.25, 0.3) is 0 Å². The molecular weight excluding hydrogens is 626 g/mol. The number of benzene rings is 4. The largest absolute Gasteiger partial charge is 0.352 e. The summed E-state index contributed by atoms with van der Waals surface area (Å²) >= 11 is 3.45. The number of amides is 2. The molecule has 0 radical (unpaired) electrons. The third-order valence-electron chi connectivity index (χ3n) is 6.90. The van der Waals surface area contributed by atoms with E-state index in [1.807, 2.05) is 75.4 Å². The molecule has 0 aliphatic heterocycles. The Bertz CT molecular complexity index is 1610. The predicted octanol–water partition coefficient (Wildman–Crippen LogP) is 6.12. The lowest BCUT2D eigenvalue weighted by Crippen LogP contribution is -2.54. The number of hydrogen-bond acceptors (Lipinski definition) is 4. The highest BCUT2D eigenvalue weighted by Gasteiger charge is 2.34. The molecule has 0 saturated carbocycles.